The normalized spacial score (nSPS) is 23.9. The Hall–Kier alpha value is -4.36. The Kier molecular flexibility index (Phi) is 5.61. The lowest BCUT2D eigenvalue weighted by Crippen LogP contribution is -2.57. The minimum Gasteiger partial charge on any atom is -0.507 e. The Morgan fingerprint density at radius 2 is 1.55 bits per heavy atom. The van der Waals surface area contributed by atoms with E-state index in [9.17, 15) is 10.2 Å². The fraction of sp³-hybridized carbons (Fsp3) is 0.273. The largest absolute Gasteiger partial charge is 0.507 e. The standard InChI is InChI=1S/C33H30O7/c1-18-22(34)16-25-27(30(18)37-3)29-28-26(40-33(39-25,32(29)35)20-12-8-5-9-13-20)17-24(36-2)21-14-15-23(38-31(21)28)19-10-6-4-7-11-19/h4-13,16-17,23,29,32,34-35H,14-15H2,1-3H3/t23-,29-,32-,33+/m0/s1. The van der Waals surface area contributed by atoms with Crippen LogP contribution < -0.4 is 23.7 Å². The third-order valence-corrected chi connectivity index (χ3v) is 8.38. The van der Waals surface area contributed by atoms with E-state index in [2.05, 4.69) is 12.1 Å². The van der Waals surface area contributed by atoms with Crippen molar-refractivity contribution in [3.63, 3.8) is 0 Å². The molecule has 0 aromatic heterocycles. The van der Waals surface area contributed by atoms with E-state index in [1.807, 2.05) is 54.6 Å². The molecule has 40 heavy (non-hydrogen) atoms. The van der Waals surface area contributed by atoms with E-state index in [1.165, 1.54) is 0 Å². The van der Waals surface area contributed by atoms with Crippen molar-refractivity contribution in [3.05, 3.63) is 106 Å². The summed E-state index contributed by atoms with van der Waals surface area (Å²) in [7, 11) is 3.19. The summed E-state index contributed by atoms with van der Waals surface area (Å²) >= 11 is 0. The number of phenols is 1. The summed E-state index contributed by atoms with van der Waals surface area (Å²) in [5, 5.41) is 23.0. The van der Waals surface area contributed by atoms with Gasteiger partial charge in [-0.15, -0.1) is 0 Å². The number of ether oxygens (including phenoxy) is 5. The average molecular weight is 539 g/mol. The second-order valence-corrected chi connectivity index (χ2v) is 10.5. The summed E-state index contributed by atoms with van der Waals surface area (Å²) in [5.74, 6) is 0.445. The Morgan fingerprint density at radius 1 is 0.875 bits per heavy atom. The van der Waals surface area contributed by atoms with Gasteiger partial charge in [-0.05, 0) is 25.3 Å². The highest BCUT2D eigenvalue weighted by Crippen LogP contribution is 2.62. The molecule has 3 aliphatic rings. The van der Waals surface area contributed by atoms with Gasteiger partial charge < -0.3 is 33.9 Å². The van der Waals surface area contributed by atoms with Crippen molar-refractivity contribution < 1.29 is 33.9 Å². The molecular weight excluding hydrogens is 508 g/mol. The molecule has 0 amide bonds. The third-order valence-electron chi connectivity index (χ3n) is 8.38. The lowest BCUT2D eigenvalue weighted by atomic mass is 9.74. The van der Waals surface area contributed by atoms with Gasteiger partial charge in [-0.1, -0.05) is 60.7 Å². The molecule has 2 N–H and O–H groups in total. The van der Waals surface area contributed by atoms with Gasteiger partial charge in [0.15, 0.2) is 0 Å². The van der Waals surface area contributed by atoms with Crippen molar-refractivity contribution in [2.45, 2.75) is 43.7 Å². The maximum absolute atomic E-state index is 12.2. The number of aliphatic hydroxyl groups is 1. The Balaban J connectivity index is 1.52. The molecule has 204 valence electrons. The summed E-state index contributed by atoms with van der Waals surface area (Å²) in [6.07, 6.45) is 0.175. The highest BCUT2D eigenvalue weighted by atomic mass is 16.7. The Bertz CT molecular complexity index is 1600. The van der Waals surface area contributed by atoms with Crippen LogP contribution in [0.25, 0.3) is 0 Å². The first-order valence-electron chi connectivity index (χ1n) is 13.4. The zero-order valence-electron chi connectivity index (χ0n) is 22.5. The highest BCUT2D eigenvalue weighted by molar-refractivity contribution is 5.69. The van der Waals surface area contributed by atoms with Crippen LogP contribution in [0.5, 0.6) is 34.5 Å². The Morgan fingerprint density at radius 3 is 2.23 bits per heavy atom. The second-order valence-electron chi connectivity index (χ2n) is 10.5. The van der Waals surface area contributed by atoms with Gasteiger partial charge in [0, 0.05) is 39.9 Å². The monoisotopic (exact) mass is 538 g/mol. The molecule has 4 atom stereocenters. The molecule has 7 heteroatoms. The molecule has 0 saturated carbocycles. The second kappa shape index (κ2) is 9.10. The first-order chi connectivity index (χ1) is 19.5. The van der Waals surface area contributed by atoms with Crippen LogP contribution in [0.3, 0.4) is 0 Å². The number of aliphatic hydroxyl groups excluding tert-OH is 1. The van der Waals surface area contributed by atoms with E-state index >= 15 is 0 Å². The number of benzene rings is 4. The van der Waals surface area contributed by atoms with E-state index in [1.54, 1.807) is 27.2 Å². The van der Waals surface area contributed by atoms with E-state index in [-0.39, 0.29) is 11.9 Å². The molecule has 3 heterocycles. The van der Waals surface area contributed by atoms with Crippen LogP contribution in [-0.4, -0.2) is 30.5 Å². The predicted molar refractivity (Wildman–Crippen MR) is 148 cm³/mol. The van der Waals surface area contributed by atoms with Gasteiger partial charge >= 0.3 is 5.79 Å². The van der Waals surface area contributed by atoms with Crippen molar-refractivity contribution in [1.29, 1.82) is 0 Å². The molecule has 3 aliphatic heterocycles. The van der Waals surface area contributed by atoms with Crippen molar-refractivity contribution >= 4 is 0 Å². The molecule has 7 nitrogen and oxygen atoms in total. The van der Waals surface area contributed by atoms with E-state index in [4.69, 9.17) is 23.7 Å². The fourth-order valence-electron chi connectivity index (χ4n) is 6.47. The molecule has 0 unspecified atom stereocenters. The molecule has 0 radical (unpaired) electrons. The van der Waals surface area contributed by atoms with Crippen molar-refractivity contribution in [1.82, 2.24) is 0 Å². The number of aromatic hydroxyl groups is 1. The molecule has 0 aliphatic carbocycles. The number of rotatable bonds is 4. The maximum atomic E-state index is 12.2. The third kappa shape index (κ3) is 3.40. The van der Waals surface area contributed by atoms with Gasteiger partial charge in [-0.3, -0.25) is 0 Å². The lowest BCUT2D eigenvalue weighted by molar-refractivity contribution is -0.218. The molecular formula is C33H30O7. The number of phenolic OH excluding ortho intramolecular Hbond substituents is 1. The first-order valence-corrected chi connectivity index (χ1v) is 13.4. The molecule has 2 bridgehead atoms. The summed E-state index contributed by atoms with van der Waals surface area (Å²) in [6, 6.07) is 22.9. The quantitative estimate of drug-likeness (QED) is 0.334. The number of hydrogen-bond acceptors (Lipinski definition) is 7. The fourth-order valence-corrected chi connectivity index (χ4v) is 6.47. The van der Waals surface area contributed by atoms with Crippen LogP contribution in [0.1, 0.15) is 51.8 Å². The van der Waals surface area contributed by atoms with Crippen LogP contribution in [0, 0.1) is 6.92 Å². The summed E-state index contributed by atoms with van der Waals surface area (Å²) < 4.78 is 31.7. The highest BCUT2D eigenvalue weighted by Gasteiger charge is 2.60. The molecule has 0 saturated heterocycles. The molecule has 7 rings (SSSR count). The lowest BCUT2D eigenvalue weighted by Gasteiger charge is -2.50. The number of hydrogen-bond donors (Lipinski definition) is 2. The SMILES string of the molecule is COc1cc2c(c3c1CC[C@@H](c1ccccc1)O3)[C@@H]1c3c(cc(O)c(C)c3OC)O[C@](c3ccccc3)(O2)[C@H]1O. The Labute approximate surface area is 232 Å². The van der Waals surface area contributed by atoms with Crippen LogP contribution in [0.15, 0.2) is 72.8 Å². The predicted octanol–water partition coefficient (Wildman–Crippen LogP) is 5.91. The zero-order valence-corrected chi connectivity index (χ0v) is 22.5. The maximum Gasteiger partial charge on any atom is 0.305 e. The van der Waals surface area contributed by atoms with Crippen LogP contribution >= 0.6 is 0 Å². The summed E-state index contributed by atoms with van der Waals surface area (Å²) in [5.41, 5.74) is 4.55. The zero-order chi connectivity index (χ0) is 27.6. The molecule has 4 aromatic carbocycles. The van der Waals surface area contributed by atoms with E-state index in [0.717, 1.165) is 24.0 Å². The smallest absolute Gasteiger partial charge is 0.305 e. The summed E-state index contributed by atoms with van der Waals surface area (Å²) in [6.45, 7) is 1.78. The molecule has 4 aromatic rings. The van der Waals surface area contributed by atoms with Crippen molar-refractivity contribution in [2.75, 3.05) is 14.2 Å². The number of methoxy groups -OCH3 is 2. The van der Waals surface area contributed by atoms with Crippen LogP contribution in [0.4, 0.5) is 0 Å². The van der Waals surface area contributed by atoms with Gasteiger partial charge in [0.05, 0.1) is 20.1 Å². The number of fused-ring (bicyclic) bond motifs is 8. The first kappa shape index (κ1) is 24.7. The van der Waals surface area contributed by atoms with E-state index < -0.39 is 17.8 Å². The van der Waals surface area contributed by atoms with Crippen LogP contribution in [0.2, 0.25) is 0 Å². The molecule has 0 spiro atoms. The van der Waals surface area contributed by atoms with Crippen LogP contribution in [-0.2, 0) is 12.2 Å². The minimum absolute atomic E-state index is 0.0330. The minimum atomic E-state index is -1.58. The van der Waals surface area contributed by atoms with Gasteiger partial charge in [-0.25, -0.2) is 0 Å². The topological polar surface area (TPSA) is 86.6 Å². The van der Waals surface area contributed by atoms with Crippen molar-refractivity contribution in [2.24, 2.45) is 0 Å². The average Bonchev–Trinajstić information content (AvgIpc) is 2.99. The van der Waals surface area contributed by atoms with Gasteiger partial charge in [0.1, 0.15) is 46.7 Å². The van der Waals surface area contributed by atoms with Gasteiger partial charge in [-0.2, -0.15) is 0 Å². The molecule has 0 fully saturated rings. The van der Waals surface area contributed by atoms with Gasteiger partial charge in [0.2, 0.25) is 0 Å². The summed E-state index contributed by atoms with van der Waals surface area (Å²) in [4.78, 5) is 0. The van der Waals surface area contributed by atoms with Gasteiger partial charge in [0.25, 0.3) is 0 Å². The van der Waals surface area contributed by atoms with Crippen molar-refractivity contribution in [3.8, 4) is 34.5 Å². The van der Waals surface area contributed by atoms with E-state index in [0.29, 0.717) is 51.0 Å².